The Bertz CT molecular complexity index is 1210. The average molecular weight is 452 g/mol. The van der Waals surface area contributed by atoms with Crippen molar-refractivity contribution in [2.45, 2.75) is 25.4 Å². The highest BCUT2D eigenvalue weighted by molar-refractivity contribution is 7.71. The molecule has 0 bridgehead atoms. The van der Waals surface area contributed by atoms with Crippen LogP contribution < -0.4 is 15.2 Å². The van der Waals surface area contributed by atoms with Crippen LogP contribution in [0, 0.1) is 4.77 Å². The Morgan fingerprint density at radius 2 is 1.97 bits per heavy atom. The monoisotopic (exact) mass is 451 g/mol. The minimum absolute atomic E-state index is 0.0977. The summed E-state index contributed by atoms with van der Waals surface area (Å²) in [5, 5.41) is 10.8. The van der Waals surface area contributed by atoms with Crippen molar-refractivity contribution >= 4 is 18.4 Å². The number of likely N-dealkylation sites (tertiary alicyclic amines) is 1. The molecular formula is C24H27N4O3S+. The highest BCUT2D eigenvalue weighted by Crippen LogP contribution is 2.22. The van der Waals surface area contributed by atoms with E-state index in [0.29, 0.717) is 11.4 Å². The number of H-pyrrole nitrogens is 1. The standard InChI is InChI=1S/C24H26N4O3S/c1-31-20-9-5-8-19(14-20)28-23(30)21(22(29)26-24(28)32)15-25-18-10-12-27(13-11-18)16-17-6-3-2-4-7-17/h2-9,14-15,18,30H,10-13,16H2,1H3,(H,26,29,32)/p+1. The number of benzene rings is 2. The molecule has 0 aliphatic carbocycles. The largest absolute Gasteiger partial charge is 0.497 e. The Morgan fingerprint density at radius 1 is 1.22 bits per heavy atom. The number of rotatable bonds is 6. The van der Waals surface area contributed by atoms with Crippen molar-refractivity contribution in [3.05, 3.63) is 80.8 Å². The van der Waals surface area contributed by atoms with Gasteiger partial charge in [0.25, 0.3) is 5.56 Å². The van der Waals surface area contributed by atoms with E-state index < -0.39 is 5.56 Å². The zero-order chi connectivity index (χ0) is 22.5. The average Bonchev–Trinajstić information content (AvgIpc) is 2.80. The predicted octanol–water partition coefficient (Wildman–Crippen LogP) is 2.28. The Hall–Kier alpha value is -3.23. The number of hydrogen-bond donors (Lipinski definition) is 3. The van der Waals surface area contributed by atoms with Gasteiger partial charge in [0.05, 0.1) is 31.9 Å². The first-order valence-electron chi connectivity index (χ1n) is 10.7. The normalized spacial score (nSPS) is 18.7. The van der Waals surface area contributed by atoms with Crippen LogP contribution in [0.4, 0.5) is 0 Å². The SMILES string of the molecule is COc1cccc(-n2c(O)c(C=NC3CC[NH+](Cc4ccccc4)CC3)c(=O)[nH]c2=S)c1. The maximum absolute atomic E-state index is 12.5. The van der Waals surface area contributed by atoms with E-state index in [-0.39, 0.29) is 22.3 Å². The number of hydrogen-bond acceptors (Lipinski definition) is 5. The lowest BCUT2D eigenvalue weighted by molar-refractivity contribution is -0.918. The van der Waals surface area contributed by atoms with Crippen molar-refractivity contribution in [1.29, 1.82) is 0 Å². The van der Waals surface area contributed by atoms with E-state index in [1.807, 2.05) is 6.07 Å². The van der Waals surface area contributed by atoms with Crippen LogP contribution >= 0.6 is 12.2 Å². The number of ether oxygens (including phenoxy) is 1. The molecule has 0 spiro atoms. The summed E-state index contributed by atoms with van der Waals surface area (Å²) >= 11 is 5.28. The maximum atomic E-state index is 12.5. The second-order valence-corrected chi connectivity index (χ2v) is 8.34. The van der Waals surface area contributed by atoms with E-state index in [1.165, 1.54) is 21.2 Å². The molecule has 8 heteroatoms. The minimum Gasteiger partial charge on any atom is -0.497 e. The van der Waals surface area contributed by atoms with Crippen LogP contribution in [0.2, 0.25) is 0 Å². The number of quaternary nitrogens is 1. The maximum Gasteiger partial charge on any atom is 0.264 e. The number of nitrogens with zero attached hydrogens (tertiary/aromatic N) is 2. The molecule has 2 aromatic carbocycles. The van der Waals surface area contributed by atoms with Gasteiger partial charge in [-0.05, 0) is 24.4 Å². The summed E-state index contributed by atoms with van der Waals surface area (Å²) in [7, 11) is 1.57. The molecule has 1 aromatic heterocycles. The molecule has 1 aliphatic rings. The van der Waals surface area contributed by atoms with Gasteiger partial charge in [0.1, 0.15) is 17.9 Å². The molecule has 32 heavy (non-hydrogen) atoms. The first-order valence-corrected chi connectivity index (χ1v) is 11.1. The van der Waals surface area contributed by atoms with Gasteiger partial charge < -0.3 is 14.7 Å². The summed E-state index contributed by atoms with van der Waals surface area (Å²) in [6.07, 6.45) is 3.35. The molecule has 2 heterocycles. The molecule has 3 aromatic rings. The lowest BCUT2D eigenvalue weighted by Crippen LogP contribution is -3.12. The molecule has 1 fully saturated rings. The zero-order valence-corrected chi connectivity index (χ0v) is 18.8. The van der Waals surface area contributed by atoms with E-state index in [2.05, 4.69) is 34.2 Å². The molecule has 0 radical (unpaired) electrons. The first kappa shape index (κ1) is 22.0. The van der Waals surface area contributed by atoms with Gasteiger partial charge in [0.2, 0.25) is 5.88 Å². The number of piperidine rings is 1. The Morgan fingerprint density at radius 3 is 2.69 bits per heavy atom. The van der Waals surface area contributed by atoms with Crippen LogP contribution in [0.3, 0.4) is 0 Å². The molecule has 1 saturated heterocycles. The van der Waals surface area contributed by atoms with Crippen molar-refractivity contribution in [3.63, 3.8) is 0 Å². The van der Waals surface area contributed by atoms with E-state index >= 15 is 0 Å². The van der Waals surface area contributed by atoms with Gasteiger partial charge in [0, 0.05) is 30.7 Å². The Kier molecular flexibility index (Phi) is 6.82. The summed E-state index contributed by atoms with van der Waals surface area (Å²) in [5.41, 5.74) is 1.57. The number of aliphatic imine (C=N–C) groups is 1. The van der Waals surface area contributed by atoms with Gasteiger partial charge in [-0.25, -0.2) is 0 Å². The van der Waals surface area contributed by atoms with Gasteiger partial charge in [-0.2, -0.15) is 0 Å². The molecule has 3 N–H and O–H groups in total. The predicted molar refractivity (Wildman–Crippen MR) is 127 cm³/mol. The lowest BCUT2D eigenvalue weighted by Gasteiger charge is -2.27. The minimum atomic E-state index is -0.456. The van der Waals surface area contributed by atoms with Crippen LogP contribution in [0.1, 0.15) is 24.0 Å². The second kappa shape index (κ2) is 9.93. The second-order valence-electron chi connectivity index (χ2n) is 7.96. The molecule has 7 nitrogen and oxygen atoms in total. The van der Waals surface area contributed by atoms with Crippen molar-refractivity contribution in [1.82, 2.24) is 9.55 Å². The van der Waals surface area contributed by atoms with Crippen LogP contribution in [0.5, 0.6) is 11.6 Å². The molecule has 0 saturated carbocycles. The van der Waals surface area contributed by atoms with Crippen molar-refractivity contribution < 1.29 is 14.7 Å². The summed E-state index contributed by atoms with van der Waals surface area (Å²) < 4.78 is 6.77. The van der Waals surface area contributed by atoms with Crippen molar-refractivity contribution in [3.8, 4) is 17.3 Å². The molecule has 0 atom stereocenters. The van der Waals surface area contributed by atoms with Crippen LogP contribution in [0.25, 0.3) is 5.69 Å². The fraction of sp³-hybridized carbons (Fsp3) is 0.292. The number of aromatic nitrogens is 2. The smallest absolute Gasteiger partial charge is 0.264 e. The Balaban J connectivity index is 1.50. The van der Waals surface area contributed by atoms with E-state index in [9.17, 15) is 9.90 Å². The third-order valence-electron chi connectivity index (χ3n) is 5.81. The molecule has 0 amide bonds. The molecule has 4 rings (SSSR count). The summed E-state index contributed by atoms with van der Waals surface area (Å²) in [6.45, 7) is 3.06. The molecule has 1 aliphatic heterocycles. The van der Waals surface area contributed by atoms with Gasteiger partial charge in [-0.15, -0.1) is 0 Å². The van der Waals surface area contributed by atoms with E-state index in [1.54, 1.807) is 31.4 Å². The fourth-order valence-electron chi connectivity index (χ4n) is 4.05. The molecule has 166 valence electrons. The lowest BCUT2D eigenvalue weighted by atomic mass is 10.0. The third-order valence-corrected chi connectivity index (χ3v) is 6.09. The van der Waals surface area contributed by atoms with Gasteiger partial charge in [-0.1, -0.05) is 36.4 Å². The van der Waals surface area contributed by atoms with Crippen LogP contribution in [0.15, 0.2) is 64.4 Å². The summed E-state index contributed by atoms with van der Waals surface area (Å²) in [5.74, 6) is 0.387. The molecular weight excluding hydrogens is 424 g/mol. The Labute approximate surface area is 191 Å². The highest BCUT2D eigenvalue weighted by Gasteiger charge is 2.22. The van der Waals surface area contributed by atoms with Crippen molar-refractivity contribution in [2.24, 2.45) is 4.99 Å². The highest BCUT2D eigenvalue weighted by atomic mass is 32.1. The van der Waals surface area contributed by atoms with Gasteiger partial charge in [-0.3, -0.25) is 19.3 Å². The summed E-state index contributed by atoms with van der Waals surface area (Å²) in [4.78, 5) is 21.3. The number of aromatic amines is 1. The van der Waals surface area contributed by atoms with Gasteiger partial charge >= 0.3 is 0 Å². The first-order chi connectivity index (χ1) is 15.5. The quantitative estimate of drug-likeness (QED) is 0.397. The topological polar surface area (TPSA) is 84.0 Å². The number of nitrogens with one attached hydrogen (secondary N) is 2. The third kappa shape index (κ3) is 4.98. The zero-order valence-electron chi connectivity index (χ0n) is 18.0. The van der Waals surface area contributed by atoms with Crippen LogP contribution in [-0.4, -0.2) is 47.1 Å². The number of aromatic hydroxyl groups is 1. The number of methoxy groups -OCH3 is 1. The van der Waals surface area contributed by atoms with Gasteiger partial charge in [0.15, 0.2) is 4.77 Å². The van der Waals surface area contributed by atoms with E-state index in [4.69, 9.17) is 17.0 Å². The van der Waals surface area contributed by atoms with E-state index in [0.717, 1.165) is 32.5 Å². The van der Waals surface area contributed by atoms with Crippen LogP contribution in [-0.2, 0) is 6.54 Å². The van der Waals surface area contributed by atoms with Crippen molar-refractivity contribution in [2.75, 3.05) is 20.2 Å². The summed E-state index contributed by atoms with van der Waals surface area (Å²) in [6, 6.07) is 17.7. The fourth-order valence-corrected chi connectivity index (χ4v) is 4.33. The molecule has 0 unspecified atom stereocenters.